The first-order valence-corrected chi connectivity index (χ1v) is 5.34. The van der Waals surface area contributed by atoms with E-state index in [4.69, 9.17) is 0 Å². The van der Waals surface area contributed by atoms with Gasteiger partial charge in [0.1, 0.15) is 5.75 Å². The molecule has 0 bridgehead atoms. The zero-order valence-corrected chi connectivity index (χ0v) is 8.96. The zero-order valence-electron chi connectivity index (χ0n) is 8.07. The highest BCUT2D eigenvalue weighted by Gasteiger charge is 2.22. The fourth-order valence-electron chi connectivity index (χ4n) is 2.21. The number of hydrogen-bond acceptors (Lipinski definition) is 2. The molecule has 0 aliphatic heterocycles. The Kier molecular flexibility index (Phi) is 1.80. The maximum Gasteiger partial charge on any atom is 0.123 e. The fourth-order valence-corrected chi connectivity index (χ4v) is 2.48. The molecule has 0 radical (unpaired) electrons. The van der Waals surface area contributed by atoms with Crippen LogP contribution in [-0.2, 0) is 6.42 Å². The summed E-state index contributed by atoms with van der Waals surface area (Å²) in [7, 11) is 0. The van der Waals surface area contributed by atoms with Crippen LogP contribution in [0, 0.1) is 0 Å². The van der Waals surface area contributed by atoms with Gasteiger partial charge in [0.05, 0.1) is 0 Å². The second-order valence-electron chi connectivity index (χ2n) is 3.79. The number of hydrogen-bond donors (Lipinski definition) is 2. The standard InChI is InChI=1S/C13H10OS/c14-11-5-6-12(15)10-7-8-3-1-2-4-9(8)13(10)11/h1-6,14-15H,7H2. The van der Waals surface area contributed by atoms with Crippen molar-refractivity contribution in [2.75, 3.05) is 0 Å². The van der Waals surface area contributed by atoms with Crippen LogP contribution < -0.4 is 0 Å². The van der Waals surface area contributed by atoms with Crippen LogP contribution in [0.2, 0.25) is 0 Å². The van der Waals surface area contributed by atoms with E-state index in [2.05, 4.69) is 18.7 Å². The van der Waals surface area contributed by atoms with Gasteiger partial charge in [-0.25, -0.2) is 0 Å². The molecule has 3 rings (SSSR count). The molecule has 1 aliphatic carbocycles. The highest BCUT2D eigenvalue weighted by atomic mass is 32.1. The van der Waals surface area contributed by atoms with Crippen LogP contribution in [0.1, 0.15) is 11.1 Å². The van der Waals surface area contributed by atoms with Crippen LogP contribution in [0.4, 0.5) is 0 Å². The summed E-state index contributed by atoms with van der Waals surface area (Å²) >= 11 is 4.43. The summed E-state index contributed by atoms with van der Waals surface area (Å²) in [6.07, 6.45) is 0.874. The number of phenolic OH excluding ortho intramolecular Hbond substituents is 1. The van der Waals surface area contributed by atoms with E-state index in [0.29, 0.717) is 5.75 Å². The number of fused-ring (bicyclic) bond motifs is 3. The lowest BCUT2D eigenvalue weighted by Gasteiger charge is -2.05. The lowest BCUT2D eigenvalue weighted by molar-refractivity contribution is 0.476. The molecule has 0 amide bonds. The second kappa shape index (κ2) is 3.04. The van der Waals surface area contributed by atoms with Crippen LogP contribution in [0.3, 0.4) is 0 Å². The van der Waals surface area contributed by atoms with Crippen LogP contribution in [0.5, 0.6) is 5.75 Å². The largest absolute Gasteiger partial charge is 0.507 e. The molecule has 0 saturated carbocycles. The molecule has 0 unspecified atom stereocenters. The van der Waals surface area contributed by atoms with Crippen molar-refractivity contribution in [3.8, 4) is 16.9 Å². The molecule has 1 nitrogen and oxygen atoms in total. The zero-order chi connectivity index (χ0) is 10.4. The second-order valence-corrected chi connectivity index (χ2v) is 4.27. The summed E-state index contributed by atoms with van der Waals surface area (Å²) in [6.45, 7) is 0. The van der Waals surface area contributed by atoms with E-state index < -0.39 is 0 Å². The van der Waals surface area contributed by atoms with E-state index in [1.54, 1.807) is 6.07 Å². The molecule has 2 aromatic rings. The number of aromatic hydroxyl groups is 1. The van der Waals surface area contributed by atoms with Gasteiger partial charge in [0, 0.05) is 10.5 Å². The van der Waals surface area contributed by atoms with E-state index in [0.717, 1.165) is 28.0 Å². The van der Waals surface area contributed by atoms with Gasteiger partial charge in [-0.1, -0.05) is 24.3 Å². The summed E-state index contributed by atoms with van der Waals surface area (Å²) in [5.74, 6) is 0.354. The molecule has 0 atom stereocenters. The normalized spacial score (nSPS) is 12.3. The average Bonchev–Trinajstić information content (AvgIpc) is 2.64. The molecular weight excluding hydrogens is 204 g/mol. The van der Waals surface area contributed by atoms with Crippen molar-refractivity contribution in [1.29, 1.82) is 0 Å². The summed E-state index contributed by atoms with van der Waals surface area (Å²) in [4.78, 5) is 0.957. The van der Waals surface area contributed by atoms with Gasteiger partial charge in [-0.05, 0) is 35.2 Å². The smallest absolute Gasteiger partial charge is 0.123 e. The Hall–Kier alpha value is -1.41. The van der Waals surface area contributed by atoms with E-state index in [-0.39, 0.29) is 0 Å². The lowest BCUT2D eigenvalue weighted by Crippen LogP contribution is -1.83. The summed E-state index contributed by atoms with van der Waals surface area (Å²) in [6, 6.07) is 11.7. The molecule has 0 aromatic heterocycles. The van der Waals surface area contributed by atoms with Gasteiger partial charge in [-0.2, -0.15) is 0 Å². The Bertz CT molecular complexity index is 546. The highest BCUT2D eigenvalue weighted by Crippen LogP contribution is 2.44. The first-order valence-electron chi connectivity index (χ1n) is 4.89. The van der Waals surface area contributed by atoms with Crippen LogP contribution in [0.25, 0.3) is 11.1 Å². The minimum atomic E-state index is 0.354. The molecule has 2 heteroatoms. The minimum absolute atomic E-state index is 0.354. The summed E-state index contributed by atoms with van der Waals surface area (Å²) in [5.41, 5.74) is 4.50. The van der Waals surface area contributed by atoms with Gasteiger partial charge in [-0.3, -0.25) is 0 Å². The minimum Gasteiger partial charge on any atom is -0.507 e. The van der Waals surface area contributed by atoms with Crippen LogP contribution in [0.15, 0.2) is 41.3 Å². The highest BCUT2D eigenvalue weighted by molar-refractivity contribution is 7.80. The molecule has 0 fully saturated rings. The fraction of sp³-hybridized carbons (Fsp3) is 0.0769. The molecular formula is C13H10OS. The SMILES string of the molecule is Oc1ccc(S)c2c1-c1ccccc1C2. The monoisotopic (exact) mass is 214 g/mol. The molecule has 1 N–H and O–H groups in total. The van der Waals surface area contributed by atoms with Gasteiger partial charge in [0.15, 0.2) is 0 Å². The topological polar surface area (TPSA) is 20.2 Å². The number of thiol groups is 1. The van der Waals surface area contributed by atoms with E-state index >= 15 is 0 Å². The van der Waals surface area contributed by atoms with Crippen molar-refractivity contribution >= 4 is 12.6 Å². The van der Waals surface area contributed by atoms with Crippen LogP contribution >= 0.6 is 12.6 Å². The third kappa shape index (κ3) is 1.18. The summed E-state index contributed by atoms with van der Waals surface area (Å²) in [5, 5.41) is 9.87. The van der Waals surface area contributed by atoms with Gasteiger partial charge in [0.2, 0.25) is 0 Å². The van der Waals surface area contributed by atoms with Gasteiger partial charge >= 0.3 is 0 Å². The van der Waals surface area contributed by atoms with Gasteiger partial charge in [0.25, 0.3) is 0 Å². The van der Waals surface area contributed by atoms with Crippen LogP contribution in [-0.4, -0.2) is 5.11 Å². The van der Waals surface area contributed by atoms with Crippen molar-refractivity contribution in [3.05, 3.63) is 47.5 Å². The van der Waals surface area contributed by atoms with E-state index in [1.165, 1.54) is 5.56 Å². The van der Waals surface area contributed by atoms with Crippen molar-refractivity contribution in [2.24, 2.45) is 0 Å². The third-order valence-corrected chi connectivity index (χ3v) is 3.34. The lowest BCUT2D eigenvalue weighted by atomic mass is 10.1. The quantitative estimate of drug-likeness (QED) is 0.550. The Morgan fingerprint density at radius 2 is 1.87 bits per heavy atom. The molecule has 0 saturated heterocycles. The molecule has 0 spiro atoms. The van der Waals surface area contributed by atoms with E-state index in [1.807, 2.05) is 24.3 Å². The van der Waals surface area contributed by atoms with Gasteiger partial charge < -0.3 is 5.11 Å². The first-order chi connectivity index (χ1) is 7.27. The van der Waals surface area contributed by atoms with Crippen molar-refractivity contribution in [2.45, 2.75) is 11.3 Å². The molecule has 15 heavy (non-hydrogen) atoms. The maximum atomic E-state index is 9.87. The van der Waals surface area contributed by atoms with Crippen molar-refractivity contribution < 1.29 is 5.11 Å². The Morgan fingerprint density at radius 3 is 2.73 bits per heavy atom. The average molecular weight is 214 g/mol. The van der Waals surface area contributed by atoms with Crippen molar-refractivity contribution in [1.82, 2.24) is 0 Å². The first kappa shape index (κ1) is 8.86. The molecule has 0 heterocycles. The van der Waals surface area contributed by atoms with E-state index in [9.17, 15) is 5.11 Å². The predicted molar refractivity (Wildman–Crippen MR) is 63.6 cm³/mol. The van der Waals surface area contributed by atoms with Crippen molar-refractivity contribution in [3.63, 3.8) is 0 Å². The maximum absolute atomic E-state index is 9.87. The Balaban J connectivity index is 2.37. The molecule has 1 aliphatic rings. The summed E-state index contributed by atoms with van der Waals surface area (Å²) < 4.78 is 0. The molecule has 2 aromatic carbocycles. The number of benzene rings is 2. The Labute approximate surface area is 93.8 Å². The number of rotatable bonds is 0. The number of phenols is 1. The third-order valence-electron chi connectivity index (χ3n) is 2.92. The predicted octanol–water partition coefficient (Wildman–Crippen LogP) is 3.25. The molecule has 74 valence electrons. The Morgan fingerprint density at radius 1 is 1.07 bits per heavy atom. The van der Waals surface area contributed by atoms with Gasteiger partial charge in [-0.15, -0.1) is 12.6 Å².